The van der Waals surface area contributed by atoms with E-state index in [4.69, 9.17) is 4.74 Å². The van der Waals surface area contributed by atoms with Gasteiger partial charge in [-0.2, -0.15) is 5.26 Å². The van der Waals surface area contributed by atoms with Crippen molar-refractivity contribution >= 4 is 11.9 Å². The number of nitriles is 1. The Morgan fingerprint density at radius 2 is 2.09 bits per heavy atom. The van der Waals surface area contributed by atoms with Crippen LogP contribution in [-0.2, 0) is 14.3 Å². The van der Waals surface area contributed by atoms with Crippen LogP contribution < -0.4 is 5.32 Å². The molecule has 6 nitrogen and oxygen atoms in total. The van der Waals surface area contributed by atoms with Crippen molar-refractivity contribution in [1.82, 2.24) is 10.2 Å². The Morgan fingerprint density at radius 1 is 1.36 bits per heavy atom. The van der Waals surface area contributed by atoms with E-state index in [-0.39, 0.29) is 30.4 Å². The van der Waals surface area contributed by atoms with Gasteiger partial charge < -0.3 is 10.1 Å². The minimum atomic E-state index is -0.759. The lowest BCUT2D eigenvalue weighted by atomic mass is 9.97. The second-order valence-electron chi connectivity index (χ2n) is 6.54. The summed E-state index contributed by atoms with van der Waals surface area (Å²) in [5, 5.41) is 12.2. The van der Waals surface area contributed by atoms with Crippen LogP contribution in [0.15, 0.2) is 0 Å². The molecule has 1 aliphatic heterocycles. The van der Waals surface area contributed by atoms with Crippen LogP contribution in [0.2, 0.25) is 0 Å². The molecule has 0 aromatic heterocycles. The van der Waals surface area contributed by atoms with E-state index in [1.54, 1.807) is 6.92 Å². The number of amides is 1. The van der Waals surface area contributed by atoms with Crippen LogP contribution in [0.4, 0.5) is 0 Å². The Morgan fingerprint density at radius 3 is 2.68 bits per heavy atom. The van der Waals surface area contributed by atoms with Gasteiger partial charge in [0.2, 0.25) is 5.91 Å². The molecule has 0 aromatic rings. The van der Waals surface area contributed by atoms with Gasteiger partial charge >= 0.3 is 5.97 Å². The highest BCUT2D eigenvalue weighted by Crippen LogP contribution is 2.39. The number of carbonyl (C=O) groups is 2. The second-order valence-corrected chi connectivity index (χ2v) is 6.54. The zero-order valence-corrected chi connectivity index (χ0v) is 13.4. The molecule has 2 rings (SSSR count). The molecule has 22 heavy (non-hydrogen) atoms. The maximum atomic E-state index is 12.3. The van der Waals surface area contributed by atoms with Crippen molar-refractivity contribution < 1.29 is 14.3 Å². The lowest BCUT2D eigenvalue weighted by molar-refractivity contribution is -0.143. The van der Waals surface area contributed by atoms with Gasteiger partial charge in [0.1, 0.15) is 5.54 Å². The van der Waals surface area contributed by atoms with Crippen LogP contribution >= 0.6 is 0 Å². The SMILES string of the molecule is COC(=O)CC1CCCCN1CC(=O)NC(C)(C#N)C1CC1. The van der Waals surface area contributed by atoms with Crippen LogP contribution in [0.3, 0.4) is 0 Å². The smallest absolute Gasteiger partial charge is 0.307 e. The lowest BCUT2D eigenvalue weighted by Crippen LogP contribution is -2.52. The van der Waals surface area contributed by atoms with Crippen LogP contribution in [0.25, 0.3) is 0 Å². The fourth-order valence-corrected chi connectivity index (χ4v) is 3.17. The summed E-state index contributed by atoms with van der Waals surface area (Å²) in [7, 11) is 1.39. The molecular weight excluding hydrogens is 282 g/mol. The Bertz CT molecular complexity index is 470. The van der Waals surface area contributed by atoms with E-state index in [0.29, 0.717) is 6.42 Å². The normalized spacial score (nSPS) is 24.9. The predicted octanol–water partition coefficient (Wildman–Crippen LogP) is 1.21. The third kappa shape index (κ3) is 4.20. The molecule has 122 valence electrons. The monoisotopic (exact) mass is 307 g/mol. The molecule has 0 bridgehead atoms. The molecule has 2 unspecified atom stereocenters. The predicted molar refractivity (Wildman–Crippen MR) is 80.7 cm³/mol. The fraction of sp³-hybridized carbons (Fsp3) is 0.812. The number of methoxy groups -OCH3 is 1. The number of nitrogens with zero attached hydrogens (tertiary/aromatic N) is 2. The molecule has 1 aliphatic carbocycles. The average molecular weight is 307 g/mol. The summed E-state index contributed by atoms with van der Waals surface area (Å²) in [6.07, 6.45) is 5.32. The molecule has 0 spiro atoms. The number of carbonyl (C=O) groups excluding carboxylic acids is 2. The van der Waals surface area contributed by atoms with Gasteiger partial charge in [0.25, 0.3) is 0 Å². The summed E-state index contributed by atoms with van der Waals surface area (Å²) < 4.78 is 4.73. The molecule has 2 atom stereocenters. The zero-order valence-electron chi connectivity index (χ0n) is 13.4. The number of nitrogens with one attached hydrogen (secondary N) is 1. The van der Waals surface area contributed by atoms with E-state index in [1.165, 1.54) is 7.11 Å². The third-order valence-electron chi connectivity index (χ3n) is 4.75. The Balaban J connectivity index is 1.90. The molecule has 1 N–H and O–H groups in total. The summed E-state index contributed by atoms with van der Waals surface area (Å²) in [5.41, 5.74) is -0.759. The summed E-state index contributed by atoms with van der Waals surface area (Å²) in [6, 6.07) is 2.29. The Kier molecular flexibility index (Phi) is 5.41. The fourth-order valence-electron chi connectivity index (χ4n) is 3.17. The van der Waals surface area contributed by atoms with Crippen LogP contribution in [0, 0.1) is 17.2 Å². The van der Waals surface area contributed by atoms with Gasteiger partial charge in [-0.25, -0.2) is 0 Å². The first-order valence-corrected chi connectivity index (χ1v) is 8.01. The number of hydrogen-bond donors (Lipinski definition) is 1. The first-order chi connectivity index (χ1) is 10.5. The summed E-state index contributed by atoms with van der Waals surface area (Å²) in [4.78, 5) is 25.8. The molecule has 0 radical (unpaired) electrons. The van der Waals surface area contributed by atoms with Crippen LogP contribution in [-0.4, -0.2) is 48.6 Å². The number of likely N-dealkylation sites (tertiary alicyclic amines) is 1. The van der Waals surface area contributed by atoms with E-state index in [2.05, 4.69) is 11.4 Å². The summed E-state index contributed by atoms with van der Waals surface area (Å²) >= 11 is 0. The molecule has 2 aliphatic rings. The van der Waals surface area contributed by atoms with E-state index >= 15 is 0 Å². The standard InChI is InChI=1S/C16H25N3O3/c1-16(11-17,12-6-7-12)18-14(20)10-19-8-4-3-5-13(19)9-15(21)22-2/h12-13H,3-10H2,1-2H3,(H,18,20). The number of piperidine rings is 1. The molecular formula is C16H25N3O3. The Hall–Kier alpha value is -1.61. The molecule has 1 saturated carbocycles. The number of rotatable bonds is 6. The second kappa shape index (κ2) is 7.10. The van der Waals surface area contributed by atoms with Crippen molar-refractivity contribution in [1.29, 1.82) is 5.26 Å². The van der Waals surface area contributed by atoms with E-state index in [0.717, 1.165) is 38.6 Å². The minimum Gasteiger partial charge on any atom is -0.469 e. The van der Waals surface area contributed by atoms with E-state index in [9.17, 15) is 14.9 Å². The van der Waals surface area contributed by atoms with Crippen LogP contribution in [0.1, 0.15) is 45.4 Å². The zero-order chi connectivity index (χ0) is 16.2. The Labute approximate surface area is 131 Å². The van der Waals surface area contributed by atoms with Crippen molar-refractivity contribution in [2.75, 3.05) is 20.2 Å². The number of hydrogen-bond acceptors (Lipinski definition) is 5. The van der Waals surface area contributed by atoms with Gasteiger partial charge in [-0.15, -0.1) is 0 Å². The van der Waals surface area contributed by atoms with Gasteiger partial charge in [-0.1, -0.05) is 6.42 Å². The molecule has 1 saturated heterocycles. The summed E-state index contributed by atoms with van der Waals surface area (Å²) in [6.45, 7) is 2.85. The number of ether oxygens (including phenoxy) is 1. The van der Waals surface area contributed by atoms with Crippen molar-refractivity contribution in [3.05, 3.63) is 0 Å². The first kappa shape index (κ1) is 16.8. The van der Waals surface area contributed by atoms with Gasteiger partial charge in [0, 0.05) is 6.04 Å². The van der Waals surface area contributed by atoms with Gasteiger partial charge in [0.15, 0.2) is 0 Å². The molecule has 0 aromatic carbocycles. The van der Waals surface area contributed by atoms with Gasteiger partial charge in [0.05, 0.1) is 26.1 Å². The number of esters is 1. The minimum absolute atomic E-state index is 0.0567. The highest BCUT2D eigenvalue weighted by molar-refractivity contribution is 5.79. The van der Waals surface area contributed by atoms with Crippen molar-refractivity contribution in [2.45, 2.75) is 57.0 Å². The summed E-state index contributed by atoms with van der Waals surface area (Å²) in [5.74, 6) is -0.0986. The molecule has 2 fully saturated rings. The van der Waals surface area contributed by atoms with Gasteiger partial charge in [-0.3, -0.25) is 14.5 Å². The molecule has 1 amide bonds. The van der Waals surface area contributed by atoms with Crippen molar-refractivity contribution in [3.8, 4) is 6.07 Å². The highest BCUT2D eigenvalue weighted by Gasteiger charge is 2.43. The molecule has 1 heterocycles. The van der Waals surface area contributed by atoms with Crippen LogP contribution in [0.5, 0.6) is 0 Å². The van der Waals surface area contributed by atoms with Crippen molar-refractivity contribution in [3.63, 3.8) is 0 Å². The quantitative estimate of drug-likeness (QED) is 0.746. The van der Waals surface area contributed by atoms with E-state index in [1.807, 2.05) is 4.90 Å². The van der Waals surface area contributed by atoms with Gasteiger partial charge in [-0.05, 0) is 45.1 Å². The highest BCUT2D eigenvalue weighted by atomic mass is 16.5. The maximum Gasteiger partial charge on any atom is 0.307 e. The average Bonchev–Trinajstić information content (AvgIpc) is 3.34. The van der Waals surface area contributed by atoms with Crippen molar-refractivity contribution in [2.24, 2.45) is 5.92 Å². The lowest BCUT2D eigenvalue weighted by Gasteiger charge is -2.35. The van der Waals surface area contributed by atoms with E-state index < -0.39 is 5.54 Å². The maximum absolute atomic E-state index is 12.3. The first-order valence-electron chi connectivity index (χ1n) is 8.01. The molecule has 6 heteroatoms. The third-order valence-corrected chi connectivity index (χ3v) is 4.75. The topological polar surface area (TPSA) is 82.4 Å². The largest absolute Gasteiger partial charge is 0.469 e.